The Morgan fingerprint density at radius 1 is 1.15 bits per heavy atom. The van der Waals surface area contributed by atoms with Crippen molar-refractivity contribution >= 4 is 17.4 Å². The quantitative estimate of drug-likeness (QED) is 0.651. The summed E-state index contributed by atoms with van der Waals surface area (Å²) < 4.78 is 1.86. The van der Waals surface area contributed by atoms with E-state index in [1.807, 2.05) is 48.9 Å². The van der Waals surface area contributed by atoms with Crippen LogP contribution in [0.5, 0.6) is 5.75 Å². The highest BCUT2D eigenvalue weighted by atomic mass is 35.5. The molecule has 0 saturated heterocycles. The van der Waals surface area contributed by atoms with E-state index in [0.29, 0.717) is 28.9 Å². The van der Waals surface area contributed by atoms with Crippen molar-refractivity contribution in [3.8, 4) is 28.4 Å². The molecule has 1 aromatic heterocycles. The van der Waals surface area contributed by atoms with Gasteiger partial charge in [0, 0.05) is 28.8 Å². The van der Waals surface area contributed by atoms with Gasteiger partial charge in [-0.3, -0.25) is 4.79 Å². The second kappa shape index (κ2) is 7.75. The SMILES string of the molecule is CC(C)CC(=O)Cn1cc(-c2cccc(O)c2)nc1-c1cccc(Cl)c1. The van der Waals surface area contributed by atoms with Gasteiger partial charge in [-0.15, -0.1) is 0 Å². The van der Waals surface area contributed by atoms with Crippen molar-refractivity contribution in [3.05, 3.63) is 59.8 Å². The lowest BCUT2D eigenvalue weighted by Gasteiger charge is -2.08. The molecule has 0 aliphatic heterocycles. The minimum absolute atomic E-state index is 0.156. The number of ketones is 1. The number of halogens is 1. The molecule has 1 N–H and O–H groups in total. The number of hydrogen-bond acceptors (Lipinski definition) is 3. The lowest BCUT2D eigenvalue weighted by molar-refractivity contribution is -0.120. The van der Waals surface area contributed by atoms with Crippen LogP contribution in [-0.2, 0) is 11.3 Å². The van der Waals surface area contributed by atoms with E-state index in [0.717, 1.165) is 11.1 Å². The Morgan fingerprint density at radius 3 is 2.58 bits per heavy atom. The Morgan fingerprint density at radius 2 is 1.88 bits per heavy atom. The van der Waals surface area contributed by atoms with E-state index in [4.69, 9.17) is 16.6 Å². The fourth-order valence-electron chi connectivity index (χ4n) is 2.91. The van der Waals surface area contributed by atoms with Gasteiger partial charge in [-0.25, -0.2) is 4.98 Å². The monoisotopic (exact) mass is 368 g/mol. The summed E-state index contributed by atoms with van der Waals surface area (Å²) in [5.74, 6) is 1.33. The normalized spacial score (nSPS) is 11.1. The number of nitrogens with zero attached hydrogens (tertiary/aromatic N) is 2. The number of carbonyl (C=O) groups is 1. The molecule has 0 radical (unpaired) electrons. The van der Waals surface area contributed by atoms with Gasteiger partial charge >= 0.3 is 0 Å². The molecule has 0 bridgehead atoms. The molecule has 0 atom stereocenters. The van der Waals surface area contributed by atoms with Crippen molar-refractivity contribution in [1.29, 1.82) is 0 Å². The van der Waals surface area contributed by atoms with Gasteiger partial charge in [0.05, 0.1) is 12.2 Å². The van der Waals surface area contributed by atoms with Crippen LogP contribution in [-0.4, -0.2) is 20.4 Å². The number of imidazole rings is 1. The lowest BCUT2D eigenvalue weighted by Crippen LogP contribution is -2.12. The second-order valence-electron chi connectivity index (χ2n) is 6.77. The maximum absolute atomic E-state index is 12.4. The number of benzene rings is 2. The second-order valence-corrected chi connectivity index (χ2v) is 7.21. The molecule has 0 amide bonds. The van der Waals surface area contributed by atoms with Gasteiger partial charge in [-0.05, 0) is 30.2 Å². The minimum Gasteiger partial charge on any atom is -0.508 e. The highest BCUT2D eigenvalue weighted by Gasteiger charge is 2.15. The first-order valence-electron chi connectivity index (χ1n) is 8.56. The van der Waals surface area contributed by atoms with Crippen molar-refractivity contribution in [2.45, 2.75) is 26.8 Å². The van der Waals surface area contributed by atoms with E-state index >= 15 is 0 Å². The Hall–Kier alpha value is -2.59. The van der Waals surface area contributed by atoms with Crippen molar-refractivity contribution in [1.82, 2.24) is 9.55 Å². The molecule has 2 aromatic carbocycles. The number of phenolic OH excluding ortho intramolecular Hbond substituents is 1. The third kappa shape index (κ3) is 4.33. The van der Waals surface area contributed by atoms with Crippen LogP contribution in [0.4, 0.5) is 0 Å². The van der Waals surface area contributed by atoms with Crippen molar-refractivity contribution in [2.75, 3.05) is 0 Å². The Labute approximate surface area is 158 Å². The molecule has 0 aliphatic carbocycles. The Kier molecular flexibility index (Phi) is 5.43. The fraction of sp³-hybridized carbons (Fsp3) is 0.238. The van der Waals surface area contributed by atoms with E-state index in [1.165, 1.54) is 0 Å². The zero-order valence-corrected chi connectivity index (χ0v) is 15.6. The van der Waals surface area contributed by atoms with Crippen molar-refractivity contribution in [3.63, 3.8) is 0 Å². The summed E-state index contributed by atoms with van der Waals surface area (Å²) in [6.07, 6.45) is 2.37. The molecular weight excluding hydrogens is 348 g/mol. The van der Waals surface area contributed by atoms with E-state index in [9.17, 15) is 9.90 Å². The Balaban J connectivity index is 2.04. The van der Waals surface area contributed by atoms with E-state index in [-0.39, 0.29) is 18.1 Å². The van der Waals surface area contributed by atoms with Gasteiger partial charge in [0.1, 0.15) is 11.6 Å². The maximum Gasteiger partial charge on any atom is 0.152 e. The summed E-state index contributed by atoms with van der Waals surface area (Å²) in [7, 11) is 0. The molecular formula is C21H21ClN2O2. The van der Waals surface area contributed by atoms with Crippen molar-refractivity contribution < 1.29 is 9.90 Å². The van der Waals surface area contributed by atoms with E-state index < -0.39 is 0 Å². The third-order valence-corrected chi connectivity index (χ3v) is 4.22. The molecule has 134 valence electrons. The third-order valence-electron chi connectivity index (χ3n) is 3.98. The first kappa shape index (κ1) is 18.2. The fourth-order valence-corrected chi connectivity index (χ4v) is 3.10. The average Bonchev–Trinajstić information content (AvgIpc) is 2.98. The topological polar surface area (TPSA) is 55.1 Å². The van der Waals surface area contributed by atoms with Crippen molar-refractivity contribution in [2.24, 2.45) is 5.92 Å². The van der Waals surface area contributed by atoms with Gasteiger partial charge in [-0.2, -0.15) is 0 Å². The maximum atomic E-state index is 12.4. The van der Waals surface area contributed by atoms with Crippen LogP contribution < -0.4 is 0 Å². The number of carbonyl (C=O) groups excluding carboxylic acids is 1. The average molecular weight is 369 g/mol. The molecule has 0 spiro atoms. The summed E-state index contributed by atoms with van der Waals surface area (Å²) in [5.41, 5.74) is 2.35. The van der Waals surface area contributed by atoms with E-state index in [1.54, 1.807) is 24.3 Å². The minimum atomic E-state index is 0.156. The summed E-state index contributed by atoms with van der Waals surface area (Å²) >= 11 is 6.13. The number of rotatable bonds is 6. The molecule has 1 heterocycles. The van der Waals surface area contributed by atoms with Gasteiger partial charge in [0.2, 0.25) is 0 Å². The van der Waals surface area contributed by atoms with Gasteiger partial charge < -0.3 is 9.67 Å². The molecule has 3 rings (SSSR count). The standard InChI is InChI=1S/C21H21ClN2O2/c1-14(2)9-19(26)12-24-13-20(15-5-4-8-18(25)11-15)23-21(24)16-6-3-7-17(22)10-16/h3-8,10-11,13-14,25H,9,12H2,1-2H3. The number of hydrogen-bond donors (Lipinski definition) is 1. The molecule has 5 heteroatoms. The molecule has 0 aliphatic rings. The first-order valence-corrected chi connectivity index (χ1v) is 8.94. The molecule has 4 nitrogen and oxygen atoms in total. The highest BCUT2D eigenvalue weighted by Crippen LogP contribution is 2.28. The summed E-state index contributed by atoms with van der Waals surface area (Å²) in [4.78, 5) is 17.1. The van der Waals surface area contributed by atoms with E-state index in [2.05, 4.69) is 0 Å². The number of aromatic hydroxyl groups is 1. The van der Waals surface area contributed by atoms with Crippen LogP contribution >= 0.6 is 11.6 Å². The zero-order valence-electron chi connectivity index (χ0n) is 14.8. The molecule has 3 aromatic rings. The zero-order chi connectivity index (χ0) is 18.7. The number of aromatic nitrogens is 2. The number of Topliss-reactive ketones (excluding diaryl/α,β-unsaturated/α-hetero) is 1. The molecule has 26 heavy (non-hydrogen) atoms. The molecule has 0 fully saturated rings. The predicted molar refractivity (Wildman–Crippen MR) is 104 cm³/mol. The molecule has 0 saturated carbocycles. The Bertz CT molecular complexity index is 931. The molecule has 0 unspecified atom stereocenters. The smallest absolute Gasteiger partial charge is 0.152 e. The van der Waals surface area contributed by atoms with Crippen LogP contribution in [0.2, 0.25) is 5.02 Å². The summed E-state index contributed by atoms with van der Waals surface area (Å²) in [6.45, 7) is 4.32. The van der Waals surface area contributed by atoms with Gasteiger partial charge in [-0.1, -0.05) is 49.7 Å². The lowest BCUT2D eigenvalue weighted by atomic mass is 10.1. The summed E-state index contributed by atoms with van der Waals surface area (Å²) in [6, 6.07) is 14.3. The first-order chi connectivity index (χ1) is 12.4. The van der Waals surface area contributed by atoms with Gasteiger partial charge in [0.25, 0.3) is 0 Å². The predicted octanol–water partition coefficient (Wildman–Crippen LogP) is 5.19. The van der Waals surface area contributed by atoms with Crippen LogP contribution in [0.25, 0.3) is 22.6 Å². The largest absolute Gasteiger partial charge is 0.508 e. The van der Waals surface area contributed by atoms with Crippen LogP contribution in [0.1, 0.15) is 20.3 Å². The highest BCUT2D eigenvalue weighted by molar-refractivity contribution is 6.30. The summed E-state index contributed by atoms with van der Waals surface area (Å²) in [5, 5.41) is 10.4. The number of phenols is 1. The van der Waals surface area contributed by atoms with Crippen LogP contribution in [0, 0.1) is 5.92 Å². The van der Waals surface area contributed by atoms with Crippen LogP contribution in [0.3, 0.4) is 0 Å². The van der Waals surface area contributed by atoms with Gasteiger partial charge in [0.15, 0.2) is 5.78 Å². The van der Waals surface area contributed by atoms with Crippen LogP contribution in [0.15, 0.2) is 54.7 Å².